The normalized spacial score (nSPS) is 11.7. The number of sulfonamides is 2. The first kappa shape index (κ1) is 24.2. The van der Waals surface area contributed by atoms with Crippen molar-refractivity contribution in [1.82, 2.24) is 0 Å². The summed E-state index contributed by atoms with van der Waals surface area (Å²) >= 11 is 11.8. The third kappa shape index (κ3) is 7.03. The Labute approximate surface area is 197 Å². The van der Waals surface area contributed by atoms with Crippen LogP contribution in [0.3, 0.4) is 0 Å². The van der Waals surface area contributed by atoms with Gasteiger partial charge in [0, 0.05) is 27.0 Å². The molecule has 0 atom stereocenters. The van der Waals surface area contributed by atoms with Crippen molar-refractivity contribution in [2.24, 2.45) is 0 Å². The van der Waals surface area contributed by atoms with Gasteiger partial charge in [-0.2, -0.15) is 0 Å². The van der Waals surface area contributed by atoms with Gasteiger partial charge in [-0.3, -0.25) is 9.44 Å². The summed E-state index contributed by atoms with van der Waals surface area (Å²) in [5, 5.41) is 0.788. The summed E-state index contributed by atoms with van der Waals surface area (Å²) in [5.41, 5.74) is 1.37. The number of benzene rings is 3. The van der Waals surface area contributed by atoms with Crippen molar-refractivity contribution >= 4 is 54.6 Å². The van der Waals surface area contributed by atoms with E-state index in [0.717, 1.165) is 0 Å². The molecule has 0 aliphatic heterocycles. The summed E-state index contributed by atoms with van der Waals surface area (Å²) in [4.78, 5) is 0. The molecule has 0 spiro atoms. The zero-order valence-electron chi connectivity index (χ0n) is 16.9. The summed E-state index contributed by atoms with van der Waals surface area (Å²) in [7, 11) is -6.18. The Morgan fingerprint density at radius 2 is 1.28 bits per heavy atom. The lowest BCUT2D eigenvalue weighted by molar-refractivity contribution is 0.411. The topological polar surface area (TPSA) is 102 Å². The lowest BCUT2D eigenvalue weighted by Gasteiger charge is -2.14. The highest BCUT2D eigenvalue weighted by Gasteiger charge is 2.18. The van der Waals surface area contributed by atoms with E-state index in [2.05, 4.69) is 9.44 Å². The molecule has 11 heteroatoms. The van der Waals surface area contributed by atoms with E-state index in [9.17, 15) is 16.8 Å². The maximum atomic E-state index is 12.7. The molecule has 0 aliphatic carbocycles. The molecule has 3 aromatic carbocycles. The van der Waals surface area contributed by atoms with Crippen molar-refractivity contribution in [1.29, 1.82) is 0 Å². The quantitative estimate of drug-likeness (QED) is 0.423. The average molecular weight is 515 g/mol. The van der Waals surface area contributed by atoms with Crippen molar-refractivity contribution in [2.75, 3.05) is 16.6 Å². The largest absolute Gasteiger partial charge is 0.496 e. The molecule has 0 heterocycles. The molecule has 3 rings (SSSR count). The monoisotopic (exact) mass is 514 g/mol. The molecule has 0 radical (unpaired) electrons. The van der Waals surface area contributed by atoms with E-state index in [1.165, 1.54) is 31.4 Å². The number of ether oxygens (including phenoxy) is 1. The average Bonchev–Trinajstić information content (AvgIpc) is 2.66. The number of nitrogens with one attached hydrogen (secondary N) is 2. The van der Waals surface area contributed by atoms with E-state index in [-0.39, 0.29) is 5.75 Å². The molecule has 0 aromatic heterocycles. The lowest BCUT2D eigenvalue weighted by Crippen LogP contribution is -2.17. The number of hydrogen-bond acceptors (Lipinski definition) is 5. The van der Waals surface area contributed by atoms with E-state index in [1.807, 2.05) is 0 Å². The first-order valence-corrected chi connectivity index (χ1v) is 13.3. The third-order valence-corrected chi connectivity index (χ3v) is 7.21. The Morgan fingerprint density at radius 1 is 0.750 bits per heavy atom. The van der Waals surface area contributed by atoms with Crippen LogP contribution in [0.25, 0.3) is 0 Å². The second-order valence-corrected chi connectivity index (χ2v) is 11.2. The van der Waals surface area contributed by atoms with Crippen molar-refractivity contribution < 1.29 is 21.6 Å². The molecule has 3 aromatic rings. The first-order valence-electron chi connectivity index (χ1n) is 9.23. The third-order valence-electron chi connectivity index (χ3n) is 4.24. The van der Waals surface area contributed by atoms with Gasteiger partial charge in [0.1, 0.15) is 5.75 Å². The molecule has 7 nitrogen and oxygen atoms in total. The van der Waals surface area contributed by atoms with Crippen LogP contribution in [-0.2, 0) is 31.6 Å². The van der Waals surface area contributed by atoms with Crippen molar-refractivity contribution in [3.63, 3.8) is 0 Å². The number of rotatable bonds is 9. The fourth-order valence-corrected chi connectivity index (χ4v) is 5.74. The van der Waals surface area contributed by atoms with Crippen LogP contribution in [0.2, 0.25) is 10.0 Å². The Bertz CT molecular complexity index is 1330. The molecule has 0 amide bonds. The molecule has 0 fully saturated rings. The van der Waals surface area contributed by atoms with Crippen LogP contribution in [0.4, 0.5) is 11.4 Å². The van der Waals surface area contributed by atoms with Gasteiger partial charge < -0.3 is 4.74 Å². The molecule has 0 unspecified atom stereocenters. The minimum Gasteiger partial charge on any atom is -0.496 e. The van der Waals surface area contributed by atoms with Crippen LogP contribution in [0.1, 0.15) is 11.1 Å². The molecule has 32 heavy (non-hydrogen) atoms. The van der Waals surface area contributed by atoms with E-state index in [1.54, 1.807) is 42.5 Å². The molecule has 170 valence electrons. The zero-order valence-corrected chi connectivity index (χ0v) is 20.0. The Hall–Kier alpha value is -2.46. The van der Waals surface area contributed by atoms with Crippen LogP contribution < -0.4 is 14.2 Å². The highest BCUT2D eigenvalue weighted by atomic mass is 35.5. The van der Waals surface area contributed by atoms with E-state index < -0.39 is 25.8 Å². The standard InChI is InChI=1S/C21H20Cl2N2O5S2/c1-30-21-9-8-15(13-31(26,27)24-19-6-2-4-17(22)11-19)10-16(21)14-32(28,29)25-20-7-3-5-18(23)12-20/h2-12,24-25H,13-14H2,1H3. The maximum absolute atomic E-state index is 12.7. The molecule has 0 saturated heterocycles. The molecular formula is C21H20Cl2N2O5S2. The zero-order chi connectivity index (χ0) is 23.4. The number of halogens is 2. The summed E-state index contributed by atoms with van der Waals surface area (Å²) in [5.74, 6) is -0.457. The van der Waals surface area contributed by atoms with Gasteiger partial charge in [-0.05, 0) is 54.1 Å². The Balaban J connectivity index is 1.80. The van der Waals surface area contributed by atoms with Gasteiger partial charge >= 0.3 is 0 Å². The smallest absolute Gasteiger partial charge is 0.237 e. The number of methoxy groups -OCH3 is 1. The van der Waals surface area contributed by atoms with Crippen LogP contribution in [0.5, 0.6) is 5.75 Å². The summed E-state index contributed by atoms with van der Waals surface area (Å²) in [6.07, 6.45) is 0. The van der Waals surface area contributed by atoms with Gasteiger partial charge in [-0.25, -0.2) is 16.8 Å². The fourth-order valence-electron chi connectivity index (χ4n) is 2.99. The SMILES string of the molecule is COc1ccc(CS(=O)(=O)Nc2cccc(Cl)c2)cc1CS(=O)(=O)Nc1cccc(Cl)c1. The summed E-state index contributed by atoms with van der Waals surface area (Å²) in [6, 6.07) is 17.2. The highest BCUT2D eigenvalue weighted by Crippen LogP contribution is 2.25. The minimum absolute atomic E-state index is 0.317. The predicted octanol–water partition coefficient (Wildman–Crippen LogP) is 4.89. The van der Waals surface area contributed by atoms with Crippen LogP contribution in [0, 0.1) is 0 Å². The van der Waals surface area contributed by atoms with Crippen LogP contribution in [0.15, 0.2) is 66.7 Å². The van der Waals surface area contributed by atoms with Gasteiger partial charge in [-0.1, -0.05) is 41.4 Å². The maximum Gasteiger partial charge on any atom is 0.237 e. The van der Waals surface area contributed by atoms with Crippen molar-refractivity contribution in [3.05, 3.63) is 87.9 Å². The molecule has 0 saturated carbocycles. The minimum atomic E-state index is -3.82. The highest BCUT2D eigenvalue weighted by molar-refractivity contribution is 7.92. The van der Waals surface area contributed by atoms with E-state index >= 15 is 0 Å². The second-order valence-electron chi connectivity index (χ2n) is 6.89. The van der Waals surface area contributed by atoms with Crippen LogP contribution >= 0.6 is 23.2 Å². The lowest BCUT2D eigenvalue weighted by atomic mass is 10.1. The molecule has 2 N–H and O–H groups in total. The van der Waals surface area contributed by atoms with Crippen LogP contribution in [-0.4, -0.2) is 23.9 Å². The van der Waals surface area contributed by atoms with Gasteiger partial charge in [0.15, 0.2) is 0 Å². The molecule has 0 bridgehead atoms. The first-order chi connectivity index (χ1) is 15.0. The van der Waals surface area contributed by atoms with E-state index in [0.29, 0.717) is 38.3 Å². The van der Waals surface area contributed by atoms with Gasteiger partial charge in [0.25, 0.3) is 0 Å². The van der Waals surface area contributed by atoms with E-state index in [4.69, 9.17) is 27.9 Å². The molecular weight excluding hydrogens is 495 g/mol. The number of hydrogen-bond donors (Lipinski definition) is 2. The molecule has 0 aliphatic rings. The Kier molecular flexibility index (Phi) is 7.55. The van der Waals surface area contributed by atoms with Gasteiger partial charge in [-0.15, -0.1) is 0 Å². The van der Waals surface area contributed by atoms with Gasteiger partial charge in [0.05, 0.1) is 18.6 Å². The Morgan fingerprint density at radius 3 is 1.78 bits per heavy atom. The number of anilines is 2. The predicted molar refractivity (Wildman–Crippen MR) is 128 cm³/mol. The van der Waals surface area contributed by atoms with Gasteiger partial charge in [0.2, 0.25) is 20.0 Å². The van der Waals surface area contributed by atoms with Crippen molar-refractivity contribution in [2.45, 2.75) is 11.5 Å². The van der Waals surface area contributed by atoms with Crippen molar-refractivity contribution in [3.8, 4) is 5.75 Å². The summed E-state index contributed by atoms with van der Waals surface area (Å²) < 4.78 is 60.7. The fraction of sp³-hybridized carbons (Fsp3) is 0.143. The summed E-state index contributed by atoms with van der Waals surface area (Å²) in [6.45, 7) is 0. The second kappa shape index (κ2) is 9.99.